The molecule has 7 aromatic carbocycles. The number of hydrogen-bond acceptors (Lipinski definition) is 7. The van der Waals surface area contributed by atoms with Crippen LogP contribution >= 0.6 is 0 Å². The fourth-order valence-electron chi connectivity index (χ4n) is 8.45. The van der Waals surface area contributed by atoms with Crippen molar-refractivity contribution in [2.24, 2.45) is 0 Å². The smallest absolute Gasteiger partial charge is 0.205 e. The minimum Gasteiger partial charge on any atom is -0.508 e. The molecule has 8 rings (SSSR count). The summed E-state index contributed by atoms with van der Waals surface area (Å²) in [5, 5.41) is 19.0. The van der Waals surface area contributed by atoms with Crippen molar-refractivity contribution < 1.29 is 73.5 Å². The number of alkyl halides is 3. The molecule has 1 aliphatic carbocycles. The number of phenolic OH excluding ortho intramolecular Hbond substituents is 2. The molecule has 0 aliphatic heterocycles. The molecule has 0 aromatic heterocycles. The van der Waals surface area contributed by atoms with Gasteiger partial charge in [0.25, 0.3) is 0 Å². The fourth-order valence-corrected chi connectivity index (χ4v) is 8.45. The maximum absolute atomic E-state index is 15.2. The van der Waals surface area contributed by atoms with E-state index in [9.17, 15) is 41.8 Å². The SMILES string of the molecule is CC.CC.CCC.CCC(C)Oc1ccc(C(C)(C)c2ccc(O)cc2)cc1.CCC(F)C1=C(F)C(F)=C(C(=O)c2ccc(Oc3ccc(C(=O)c4c(F)c(F)c(Oc5ccc(C(C)(C)c6ccc(O)cc6)cc5)c(F)c4F)cc3)cc2)C1F.CF. The van der Waals surface area contributed by atoms with Gasteiger partial charge in [-0.1, -0.05) is 138 Å². The van der Waals surface area contributed by atoms with Gasteiger partial charge in [-0.25, -0.2) is 26.3 Å². The highest BCUT2D eigenvalue weighted by molar-refractivity contribution is 6.11. The van der Waals surface area contributed by atoms with E-state index in [0.717, 1.165) is 47.6 Å². The number of carbonyl (C=O) groups excluding carboxylic acids is 2. The number of ketones is 2. The van der Waals surface area contributed by atoms with Gasteiger partial charge in [0.15, 0.2) is 41.0 Å². The quantitative estimate of drug-likeness (QED) is 0.0532. The lowest BCUT2D eigenvalue weighted by atomic mass is 9.78. The molecule has 0 spiro atoms. The van der Waals surface area contributed by atoms with Crippen molar-refractivity contribution in [2.45, 2.75) is 139 Å². The second-order valence-corrected chi connectivity index (χ2v) is 20.0. The van der Waals surface area contributed by atoms with E-state index in [4.69, 9.17) is 14.2 Å². The summed E-state index contributed by atoms with van der Waals surface area (Å²) >= 11 is 0. The Labute approximate surface area is 499 Å². The molecule has 16 heteroatoms. The maximum Gasteiger partial charge on any atom is 0.205 e. The summed E-state index contributed by atoms with van der Waals surface area (Å²) in [5.41, 5.74) is -1.04. The average molecular weight is 1200 g/mol. The van der Waals surface area contributed by atoms with E-state index >= 15 is 17.6 Å². The molecule has 2 N–H and O–H groups in total. The van der Waals surface area contributed by atoms with Crippen LogP contribution in [0.25, 0.3) is 0 Å². The van der Waals surface area contributed by atoms with Gasteiger partial charge in [0.2, 0.25) is 17.4 Å². The van der Waals surface area contributed by atoms with E-state index in [1.807, 2.05) is 65.8 Å². The van der Waals surface area contributed by atoms with E-state index in [-0.39, 0.29) is 52.1 Å². The Bertz CT molecular complexity index is 3310. The number of Topliss-reactive ketones (excluding diaryl/α,β-unsaturated/α-hetero) is 1. The first kappa shape index (κ1) is 72.0. The van der Waals surface area contributed by atoms with Crippen LogP contribution in [-0.2, 0) is 10.8 Å². The molecule has 462 valence electrons. The van der Waals surface area contributed by atoms with Crippen molar-refractivity contribution in [1.29, 1.82) is 0 Å². The number of halogens is 9. The third-order valence-corrected chi connectivity index (χ3v) is 13.5. The summed E-state index contributed by atoms with van der Waals surface area (Å²) in [7, 11) is 0.500. The number of phenols is 2. The second kappa shape index (κ2) is 33.4. The molecule has 3 atom stereocenters. The molecule has 7 aromatic rings. The van der Waals surface area contributed by atoms with Crippen LogP contribution in [0.1, 0.15) is 158 Å². The third kappa shape index (κ3) is 17.4. The van der Waals surface area contributed by atoms with Gasteiger partial charge in [0.05, 0.1) is 18.9 Å². The van der Waals surface area contributed by atoms with Crippen LogP contribution in [0.5, 0.6) is 40.2 Å². The van der Waals surface area contributed by atoms with Gasteiger partial charge < -0.3 is 24.4 Å². The number of ether oxygens (including phenoxy) is 3. The summed E-state index contributed by atoms with van der Waals surface area (Å²) in [6.07, 6.45) is -2.56. The molecule has 86 heavy (non-hydrogen) atoms. The lowest BCUT2D eigenvalue weighted by Gasteiger charge is -2.26. The Morgan fingerprint density at radius 1 is 0.488 bits per heavy atom. The van der Waals surface area contributed by atoms with Crippen LogP contribution in [0.15, 0.2) is 168 Å². The first-order valence-electron chi connectivity index (χ1n) is 28.3. The second-order valence-electron chi connectivity index (χ2n) is 20.0. The molecule has 0 bridgehead atoms. The molecule has 0 saturated carbocycles. The first-order chi connectivity index (χ1) is 40.9. The normalized spacial score (nSPS) is 13.3. The van der Waals surface area contributed by atoms with Gasteiger partial charge >= 0.3 is 0 Å². The molecule has 1 aliphatic rings. The number of hydrogen-bond donors (Lipinski definition) is 2. The summed E-state index contributed by atoms with van der Waals surface area (Å²) in [5.74, 6) is -14.1. The molecule has 0 radical (unpaired) electrons. The molecular weight excluding hydrogens is 1120 g/mol. The zero-order chi connectivity index (χ0) is 64.8. The molecule has 0 heterocycles. The number of rotatable bonds is 17. The van der Waals surface area contributed by atoms with Crippen molar-refractivity contribution in [3.8, 4) is 40.2 Å². The summed E-state index contributed by atoms with van der Waals surface area (Å²) < 4.78 is 144. The van der Waals surface area contributed by atoms with Crippen molar-refractivity contribution in [3.63, 3.8) is 0 Å². The van der Waals surface area contributed by atoms with Crippen molar-refractivity contribution in [2.75, 3.05) is 7.18 Å². The van der Waals surface area contributed by atoms with Crippen LogP contribution in [0.2, 0.25) is 0 Å². The van der Waals surface area contributed by atoms with E-state index in [2.05, 4.69) is 53.7 Å². The van der Waals surface area contributed by atoms with E-state index < -0.39 is 86.7 Å². The van der Waals surface area contributed by atoms with Gasteiger partial charge in [-0.05, 0) is 139 Å². The van der Waals surface area contributed by atoms with Gasteiger partial charge in [-0.15, -0.1) is 0 Å². The van der Waals surface area contributed by atoms with Crippen LogP contribution in [-0.4, -0.2) is 47.4 Å². The van der Waals surface area contributed by atoms with E-state index in [0.29, 0.717) is 12.9 Å². The fraction of sp³-hybridized carbons (Fsp3) is 0.314. The highest BCUT2D eigenvalue weighted by atomic mass is 19.2. The summed E-state index contributed by atoms with van der Waals surface area (Å²) in [4.78, 5) is 25.9. The summed E-state index contributed by atoms with van der Waals surface area (Å²) in [6.45, 7) is 25.9. The Kier molecular flexibility index (Phi) is 28.0. The Balaban J connectivity index is 0.000000535. The lowest BCUT2D eigenvalue weighted by Crippen LogP contribution is -2.19. The maximum atomic E-state index is 15.2. The zero-order valence-electron chi connectivity index (χ0n) is 51.0. The van der Waals surface area contributed by atoms with Crippen molar-refractivity contribution in [3.05, 3.63) is 231 Å². The third-order valence-electron chi connectivity index (χ3n) is 13.5. The van der Waals surface area contributed by atoms with Gasteiger partial charge in [-0.3, -0.25) is 14.0 Å². The molecule has 3 unspecified atom stereocenters. The van der Waals surface area contributed by atoms with Gasteiger partial charge in [0.1, 0.15) is 46.2 Å². The van der Waals surface area contributed by atoms with Crippen LogP contribution in [0.4, 0.5) is 39.5 Å². The topological polar surface area (TPSA) is 102 Å². The number of benzene rings is 7. The van der Waals surface area contributed by atoms with E-state index in [1.54, 1.807) is 36.4 Å². The highest BCUT2D eigenvalue weighted by Gasteiger charge is 2.42. The Hall–Kier alpha value is -8.27. The number of carbonyl (C=O) groups is 2. The van der Waals surface area contributed by atoms with Crippen LogP contribution in [0.3, 0.4) is 0 Å². The van der Waals surface area contributed by atoms with Crippen LogP contribution in [0, 0.1) is 23.3 Å². The lowest BCUT2D eigenvalue weighted by molar-refractivity contribution is 0.101. The minimum atomic E-state index is -2.60. The Morgan fingerprint density at radius 2 is 0.814 bits per heavy atom. The monoisotopic (exact) mass is 1200 g/mol. The molecular formula is C70H77F9O7. The Morgan fingerprint density at radius 3 is 1.17 bits per heavy atom. The predicted molar refractivity (Wildman–Crippen MR) is 323 cm³/mol. The predicted octanol–water partition coefficient (Wildman–Crippen LogP) is 20.8. The standard InChI is InChI=1S/C43H30F8O5.C19H24O2.C3H8.2C2H6.CH3F/c1-4-29(44)30-33(45)31(35(47)34(30)46)40(53)21-5-15-26(16-6-21)55-27-17-7-22(8-18-27)41(54)32-36(48)38(50)42(39(51)37(32)49)56-28-19-11-24(12-20-28)43(2,3)23-9-13-25(52)14-10-23;1-5-14(2)21-18-12-8-16(9-13-18)19(3,4)15-6-10-17(20)11-7-15;1-3-2;3*1-2/h5-20,29,33,52H,4H2,1-3H3;6-14,20H,5H2,1-4H3;3H2,1-2H3;2*1-2H3;1H3. The highest BCUT2D eigenvalue weighted by Crippen LogP contribution is 2.42. The number of allylic oxidation sites excluding steroid dienone is 4. The molecule has 0 amide bonds. The van der Waals surface area contributed by atoms with Crippen molar-refractivity contribution >= 4 is 11.6 Å². The first-order valence-corrected chi connectivity index (χ1v) is 28.3. The molecule has 0 fully saturated rings. The average Bonchev–Trinajstić information content (AvgIpc) is 1.59. The molecule has 7 nitrogen and oxygen atoms in total. The number of aromatic hydroxyl groups is 2. The van der Waals surface area contributed by atoms with Gasteiger partial charge in [0, 0.05) is 27.5 Å². The summed E-state index contributed by atoms with van der Waals surface area (Å²) in [6, 6.07) is 37.4. The van der Waals surface area contributed by atoms with E-state index in [1.165, 1.54) is 73.0 Å². The van der Waals surface area contributed by atoms with Gasteiger partial charge in [-0.2, -0.15) is 8.78 Å². The largest absolute Gasteiger partial charge is 0.508 e. The molecule has 0 saturated heterocycles. The van der Waals surface area contributed by atoms with Crippen LogP contribution < -0.4 is 14.2 Å². The zero-order valence-corrected chi connectivity index (χ0v) is 51.0. The minimum absolute atomic E-state index is 0.0537. The van der Waals surface area contributed by atoms with Crippen molar-refractivity contribution in [1.82, 2.24) is 0 Å².